The molecule has 1 unspecified atom stereocenters. The fourth-order valence-electron chi connectivity index (χ4n) is 4.64. The van der Waals surface area contributed by atoms with Gasteiger partial charge in [0.1, 0.15) is 11.6 Å². The highest BCUT2D eigenvalue weighted by Crippen LogP contribution is 2.49. The van der Waals surface area contributed by atoms with Gasteiger partial charge in [0.2, 0.25) is 11.8 Å². The smallest absolute Gasteiger partial charge is 0.234 e. The number of anilines is 1. The van der Waals surface area contributed by atoms with Gasteiger partial charge in [0.25, 0.3) is 0 Å². The second kappa shape index (κ2) is 6.30. The molecular weight excluding hydrogens is 342 g/mol. The first-order chi connectivity index (χ1) is 12.4. The Bertz CT molecular complexity index is 728. The van der Waals surface area contributed by atoms with Gasteiger partial charge in [-0.1, -0.05) is 0 Å². The molecule has 2 N–H and O–H groups in total. The highest BCUT2D eigenvalue weighted by atomic mass is 19.1. The summed E-state index contributed by atoms with van der Waals surface area (Å²) in [6, 6.07) is 2.57. The third kappa shape index (κ3) is 2.98. The number of rotatable bonds is 2. The van der Waals surface area contributed by atoms with Gasteiger partial charge in [-0.05, 0) is 49.7 Å². The molecule has 0 bridgehead atoms. The molecule has 140 valence electrons. The molecule has 0 radical (unpaired) electrons. The summed E-state index contributed by atoms with van der Waals surface area (Å²) in [5.41, 5.74) is 0.416. The van der Waals surface area contributed by atoms with Crippen LogP contribution in [0.4, 0.5) is 14.5 Å². The van der Waals surface area contributed by atoms with Gasteiger partial charge >= 0.3 is 0 Å². The van der Waals surface area contributed by atoms with Crippen molar-refractivity contribution in [1.29, 1.82) is 0 Å². The molecule has 3 aliphatic rings. The summed E-state index contributed by atoms with van der Waals surface area (Å²) >= 11 is 0. The van der Waals surface area contributed by atoms with E-state index in [0.717, 1.165) is 25.7 Å². The Kier molecular flexibility index (Phi) is 4.22. The molecule has 2 amide bonds. The monoisotopic (exact) mass is 364 g/mol. The maximum absolute atomic E-state index is 14.6. The lowest BCUT2D eigenvalue weighted by atomic mass is 9.61. The van der Waals surface area contributed by atoms with Crippen molar-refractivity contribution in [2.24, 2.45) is 5.41 Å². The molecule has 2 saturated heterocycles. The van der Waals surface area contributed by atoms with Gasteiger partial charge in [-0.25, -0.2) is 8.78 Å². The van der Waals surface area contributed by atoms with Crippen LogP contribution in [-0.4, -0.2) is 36.1 Å². The van der Waals surface area contributed by atoms with Crippen molar-refractivity contribution in [3.8, 4) is 0 Å². The Morgan fingerprint density at radius 2 is 1.73 bits per heavy atom. The van der Waals surface area contributed by atoms with E-state index in [-0.39, 0.29) is 29.9 Å². The van der Waals surface area contributed by atoms with E-state index in [1.165, 1.54) is 12.1 Å². The van der Waals surface area contributed by atoms with Crippen LogP contribution in [-0.2, 0) is 9.59 Å². The lowest BCUT2D eigenvalue weighted by Crippen LogP contribution is -2.49. The van der Waals surface area contributed by atoms with Crippen molar-refractivity contribution >= 4 is 17.5 Å². The number of halogens is 2. The van der Waals surface area contributed by atoms with Gasteiger partial charge in [-0.15, -0.1) is 0 Å². The zero-order valence-electron chi connectivity index (χ0n) is 14.4. The van der Waals surface area contributed by atoms with Crippen LogP contribution >= 0.6 is 0 Å². The lowest BCUT2D eigenvalue weighted by Gasteiger charge is -2.51. The maximum atomic E-state index is 14.6. The standard InChI is InChI=1S/C19H22F2N2O3/c20-14-7-11(23-5-3-19(4-6-23)9-12(24)10-19)8-15(21)17(14)13-1-2-16(25)22-18(13)26/h7-8,12-13,24H,1-6,9-10H2,(H,22,25,26). The van der Waals surface area contributed by atoms with E-state index in [2.05, 4.69) is 5.32 Å². The quantitative estimate of drug-likeness (QED) is 0.790. The van der Waals surface area contributed by atoms with Crippen molar-refractivity contribution in [3.63, 3.8) is 0 Å². The van der Waals surface area contributed by atoms with Crippen LogP contribution in [0.3, 0.4) is 0 Å². The van der Waals surface area contributed by atoms with Crippen molar-refractivity contribution in [3.05, 3.63) is 29.3 Å². The number of hydrogen-bond acceptors (Lipinski definition) is 4. The van der Waals surface area contributed by atoms with Crippen LogP contribution in [0.25, 0.3) is 0 Å². The zero-order valence-corrected chi connectivity index (χ0v) is 14.4. The minimum absolute atomic E-state index is 0.0805. The molecule has 1 spiro atoms. The number of nitrogens with one attached hydrogen (secondary N) is 1. The van der Waals surface area contributed by atoms with Gasteiger partial charge < -0.3 is 10.0 Å². The van der Waals surface area contributed by atoms with Crippen LogP contribution in [0.5, 0.6) is 0 Å². The third-order valence-electron chi connectivity index (χ3n) is 6.18. The molecule has 4 rings (SSSR count). The number of amides is 2. The minimum Gasteiger partial charge on any atom is -0.393 e. The van der Waals surface area contributed by atoms with E-state index < -0.39 is 29.4 Å². The molecule has 1 saturated carbocycles. The Morgan fingerprint density at radius 3 is 2.27 bits per heavy atom. The van der Waals surface area contributed by atoms with Crippen molar-refractivity contribution in [1.82, 2.24) is 5.32 Å². The summed E-state index contributed by atoms with van der Waals surface area (Å²) in [7, 11) is 0. The lowest BCUT2D eigenvalue weighted by molar-refractivity contribution is -0.134. The first kappa shape index (κ1) is 17.4. The predicted molar refractivity (Wildman–Crippen MR) is 90.6 cm³/mol. The van der Waals surface area contributed by atoms with Gasteiger partial charge in [-0.3, -0.25) is 14.9 Å². The van der Waals surface area contributed by atoms with Crippen LogP contribution < -0.4 is 10.2 Å². The number of carbonyl (C=O) groups is 2. The molecule has 2 aliphatic heterocycles. The van der Waals surface area contributed by atoms with Crippen LogP contribution in [0, 0.1) is 17.0 Å². The summed E-state index contributed by atoms with van der Waals surface area (Å²) < 4.78 is 29.3. The van der Waals surface area contributed by atoms with Gasteiger partial charge in [0, 0.05) is 30.8 Å². The van der Waals surface area contributed by atoms with Gasteiger partial charge in [0.05, 0.1) is 12.0 Å². The van der Waals surface area contributed by atoms with Crippen LogP contribution in [0.1, 0.15) is 50.0 Å². The average molecular weight is 364 g/mol. The second-order valence-electron chi connectivity index (χ2n) is 7.88. The molecule has 5 nitrogen and oxygen atoms in total. The average Bonchev–Trinajstić information content (AvgIpc) is 2.55. The summed E-state index contributed by atoms with van der Waals surface area (Å²) in [4.78, 5) is 25.1. The van der Waals surface area contributed by atoms with Gasteiger partial charge in [0.15, 0.2) is 0 Å². The molecule has 0 aromatic heterocycles. The molecule has 1 aromatic carbocycles. The molecule has 1 atom stereocenters. The number of aliphatic hydroxyl groups is 1. The van der Waals surface area contributed by atoms with E-state index in [0.29, 0.717) is 18.8 Å². The predicted octanol–water partition coefficient (Wildman–Crippen LogP) is 2.23. The highest BCUT2D eigenvalue weighted by molar-refractivity contribution is 6.01. The Balaban J connectivity index is 1.51. The fourth-order valence-corrected chi connectivity index (χ4v) is 4.64. The zero-order chi connectivity index (χ0) is 18.5. The first-order valence-electron chi connectivity index (χ1n) is 9.13. The molecule has 2 heterocycles. The summed E-state index contributed by atoms with van der Waals surface area (Å²) in [5.74, 6) is -3.51. The molecule has 7 heteroatoms. The second-order valence-corrected chi connectivity index (χ2v) is 7.88. The molecular formula is C19H22F2N2O3. The number of nitrogens with zero attached hydrogens (tertiary/aromatic N) is 1. The van der Waals surface area contributed by atoms with Crippen molar-refractivity contribution in [2.75, 3.05) is 18.0 Å². The number of aliphatic hydroxyl groups excluding tert-OH is 1. The molecule has 1 aliphatic carbocycles. The minimum atomic E-state index is -0.970. The molecule has 26 heavy (non-hydrogen) atoms. The first-order valence-corrected chi connectivity index (χ1v) is 9.13. The maximum Gasteiger partial charge on any atom is 0.234 e. The van der Waals surface area contributed by atoms with E-state index in [4.69, 9.17) is 0 Å². The Hall–Kier alpha value is -2.02. The van der Waals surface area contributed by atoms with Crippen molar-refractivity contribution < 1.29 is 23.5 Å². The molecule has 1 aromatic rings. The molecule has 3 fully saturated rings. The van der Waals surface area contributed by atoms with E-state index in [9.17, 15) is 23.5 Å². The SMILES string of the molecule is O=C1CCC(c2c(F)cc(N3CCC4(CC3)CC(O)C4)cc2F)C(=O)N1. The van der Waals surface area contributed by atoms with E-state index in [1.807, 2.05) is 4.90 Å². The van der Waals surface area contributed by atoms with Crippen LogP contribution in [0.15, 0.2) is 12.1 Å². The number of piperidine rings is 2. The normalized spacial score (nSPS) is 26.0. The van der Waals surface area contributed by atoms with E-state index >= 15 is 0 Å². The van der Waals surface area contributed by atoms with Crippen molar-refractivity contribution in [2.45, 2.75) is 50.5 Å². The Labute approximate surface area is 150 Å². The van der Waals surface area contributed by atoms with Crippen LogP contribution in [0.2, 0.25) is 0 Å². The summed E-state index contributed by atoms with van der Waals surface area (Å²) in [6.45, 7) is 1.40. The number of hydrogen-bond donors (Lipinski definition) is 2. The van der Waals surface area contributed by atoms with E-state index in [1.54, 1.807) is 0 Å². The topological polar surface area (TPSA) is 69.6 Å². The third-order valence-corrected chi connectivity index (χ3v) is 6.18. The number of benzene rings is 1. The number of carbonyl (C=O) groups excluding carboxylic acids is 2. The largest absolute Gasteiger partial charge is 0.393 e. The summed E-state index contributed by atoms with van der Waals surface area (Å²) in [5, 5.41) is 11.7. The highest BCUT2D eigenvalue weighted by Gasteiger charge is 2.45. The fraction of sp³-hybridized carbons (Fsp3) is 0.579. The summed E-state index contributed by atoms with van der Waals surface area (Å²) in [6.07, 6.45) is 3.44. The number of imide groups is 1. The Morgan fingerprint density at radius 1 is 1.12 bits per heavy atom. The van der Waals surface area contributed by atoms with Gasteiger partial charge in [-0.2, -0.15) is 0 Å².